The van der Waals surface area contributed by atoms with Gasteiger partial charge in [0.2, 0.25) is 0 Å². The van der Waals surface area contributed by atoms with Crippen LogP contribution in [-0.2, 0) is 26.6 Å². The maximum absolute atomic E-state index is 5.73. The predicted molar refractivity (Wildman–Crippen MR) is 102 cm³/mol. The van der Waals surface area contributed by atoms with Crippen molar-refractivity contribution < 1.29 is 26.6 Å². The summed E-state index contributed by atoms with van der Waals surface area (Å²) in [4.78, 5) is 0. The fraction of sp³-hybridized carbons (Fsp3) is 0.600. The second-order valence-corrected chi connectivity index (χ2v) is 15.7. The Labute approximate surface area is 148 Å². The fourth-order valence-corrected chi connectivity index (χ4v) is 7.22. The van der Waals surface area contributed by atoms with Crippen molar-refractivity contribution in [3.05, 3.63) is 18.2 Å². The molecule has 0 saturated carbocycles. The van der Waals surface area contributed by atoms with Gasteiger partial charge in [-0.2, -0.15) is 0 Å². The first-order valence-electron chi connectivity index (χ1n) is 7.66. The van der Waals surface area contributed by atoms with Gasteiger partial charge in [-0.1, -0.05) is 18.2 Å². The van der Waals surface area contributed by atoms with Gasteiger partial charge in [0.25, 0.3) is 0 Å². The molecule has 0 bridgehead atoms. The van der Waals surface area contributed by atoms with Crippen LogP contribution < -0.4 is 15.6 Å². The Morgan fingerprint density at radius 2 is 0.625 bits per heavy atom. The smallest absolute Gasteiger partial charge is 0.368 e. The van der Waals surface area contributed by atoms with E-state index >= 15 is 0 Å². The predicted octanol–water partition coefficient (Wildman–Crippen LogP) is 0.402. The summed E-state index contributed by atoms with van der Waals surface area (Å²) in [7, 11) is 2.48. The van der Waals surface area contributed by atoms with Crippen molar-refractivity contribution in [2.24, 2.45) is 0 Å². The van der Waals surface area contributed by atoms with E-state index in [1.807, 2.05) is 19.6 Å². The molecule has 0 spiro atoms. The average molecular weight is 391 g/mol. The number of hydrogen-bond acceptors (Lipinski definition) is 6. The maximum Gasteiger partial charge on any atom is 0.368 e. The molecule has 0 amide bonds. The second kappa shape index (κ2) is 8.34. The van der Waals surface area contributed by atoms with Gasteiger partial charge < -0.3 is 26.6 Å². The Morgan fingerprint density at radius 3 is 0.750 bits per heavy atom. The third kappa shape index (κ3) is 4.06. The molecule has 0 aromatic heterocycles. The molecule has 1 aromatic rings. The fourth-order valence-electron chi connectivity index (χ4n) is 2.37. The Balaban J connectivity index is 3.69. The maximum atomic E-state index is 5.73. The van der Waals surface area contributed by atoms with Crippen LogP contribution in [0.3, 0.4) is 0 Å². The zero-order valence-corrected chi connectivity index (χ0v) is 19.2. The van der Waals surface area contributed by atoms with Gasteiger partial charge in [0.1, 0.15) is 0 Å². The first-order valence-corrected chi connectivity index (χ1v) is 14.6. The van der Waals surface area contributed by atoms with Crippen LogP contribution in [0, 0.1) is 0 Å². The van der Waals surface area contributed by atoms with Gasteiger partial charge in [-0.25, -0.2) is 0 Å². The summed E-state index contributed by atoms with van der Waals surface area (Å²) < 4.78 is 34.4. The molecule has 0 heterocycles. The molecule has 0 aliphatic heterocycles. The van der Waals surface area contributed by atoms with Crippen molar-refractivity contribution in [1.82, 2.24) is 0 Å². The first-order chi connectivity index (χ1) is 11.2. The summed E-state index contributed by atoms with van der Waals surface area (Å²) in [5, 5.41) is 3.00. The Kier molecular flexibility index (Phi) is 7.53. The Hall–Kier alpha value is -0.369. The molecule has 1 rings (SSSR count). The van der Waals surface area contributed by atoms with Crippen LogP contribution in [0.15, 0.2) is 18.2 Å². The molecule has 0 unspecified atom stereocenters. The van der Waals surface area contributed by atoms with Gasteiger partial charge in [-0.05, 0) is 35.2 Å². The molecule has 0 radical (unpaired) electrons. The van der Waals surface area contributed by atoms with Gasteiger partial charge in [-0.15, -0.1) is 0 Å². The van der Waals surface area contributed by atoms with Gasteiger partial charge in [0, 0.05) is 42.7 Å². The molecular formula is C15H30O6Si3. The molecule has 0 atom stereocenters. The summed E-state index contributed by atoms with van der Waals surface area (Å²) in [6.07, 6.45) is 0. The minimum atomic E-state index is -2.52. The highest BCUT2D eigenvalue weighted by Gasteiger charge is 2.41. The van der Waals surface area contributed by atoms with Crippen LogP contribution >= 0.6 is 0 Å². The molecule has 138 valence electrons. The zero-order valence-electron chi connectivity index (χ0n) is 16.2. The van der Waals surface area contributed by atoms with Crippen LogP contribution in [0.1, 0.15) is 0 Å². The zero-order chi connectivity index (χ0) is 18.6. The van der Waals surface area contributed by atoms with Crippen LogP contribution in [0.25, 0.3) is 0 Å². The largest absolute Gasteiger partial charge is 0.394 e. The van der Waals surface area contributed by atoms with E-state index < -0.39 is 25.7 Å². The van der Waals surface area contributed by atoms with Gasteiger partial charge >= 0.3 is 25.7 Å². The minimum absolute atomic E-state index is 1.00. The summed E-state index contributed by atoms with van der Waals surface area (Å²) in [5.74, 6) is 0. The third-order valence-corrected chi connectivity index (χ3v) is 13.5. The average Bonchev–Trinajstić information content (AvgIpc) is 2.65. The molecule has 6 nitrogen and oxygen atoms in total. The van der Waals surface area contributed by atoms with Crippen molar-refractivity contribution in [2.45, 2.75) is 19.6 Å². The molecule has 1 aromatic carbocycles. The van der Waals surface area contributed by atoms with E-state index in [1.165, 1.54) is 0 Å². The Morgan fingerprint density at radius 1 is 0.458 bits per heavy atom. The minimum Gasteiger partial charge on any atom is -0.394 e. The molecule has 0 fully saturated rings. The highest BCUT2D eigenvalue weighted by molar-refractivity contribution is 6.86. The van der Waals surface area contributed by atoms with Crippen molar-refractivity contribution in [2.75, 3.05) is 42.7 Å². The number of benzene rings is 1. The van der Waals surface area contributed by atoms with Crippen molar-refractivity contribution >= 4 is 41.2 Å². The molecule has 24 heavy (non-hydrogen) atoms. The monoisotopic (exact) mass is 390 g/mol. The SMILES string of the molecule is CO[Si](C)(OC)c1cc([Si](C)(OC)OC)cc([Si](C)(OC)OC)c1. The molecular weight excluding hydrogens is 360 g/mol. The standard InChI is InChI=1S/C15H30O6Si3/c1-16-22(7,17-2)13-10-14(23(8,18-3)19-4)12-15(11-13)24(9,20-5)21-6/h10-12H,1-9H3. The summed E-state index contributed by atoms with van der Waals surface area (Å²) >= 11 is 0. The van der Waals surface area contributed by atoms with E-state index in [0.29, 0.717) is 0 Å². The highest BCUT2D eigenvalue weighted by atomic mass is 28.4. The van der Waals surface area contributed by atoms with E-state index in [9.17, 15) is 0 Å². The molecule has 9 heteroatoms. The van der Waals surface area contributed by atoms with Gasteiger partial charge in [0.15, 0.2) is 0 Å². The van der Waals surface area contributed by atoms with Gasteiger partial charge in [-0.3, -0.25) is 0 Å². The highest BCUT2D eigenvalue weighted by Crippen LogP contribution is 2.11. The van der Waals surface area contributed by atoms with E-state index in [4.69, 9.17) is 26.6 Å². The summed E-state index contributed by atoms with van der Waals surface area (Å²) in [6.45, 7) is 6.02. The lowest BCUT2D eigenvalue weighted by Gasteiger charge is -2.31. The van der Waals surface area contributed by atoms with Crippen LogP contribution in [0.4, 0.5) is 0 Å². The first kappa shape index (κ1) is 21.7. The van der Waals surface area contributed by atoms with Crippen LogP contribution in [0.5, 0.6) is 0 Å². The summed E-state index contributed by atoms with van der Waals surface area (Å²) in [6, 6.07) is 6.21. The van der Waals surface area contributed by atoms with Gasteiger partial charge in [0.05, 0.1) is 0 Å². The van der Waals surface area contributed by atoms with E-state index in [0.717, 1.165) is 15.6 Å². The number of hydrogen-bond donors (Lipinski definition) is 0. The third-order valence-electron chi connectivity index (χ3n) is 4.84. The molecule has 0 aliphatic carbocycles. The van der Waals surface area contributed by atoms with Crippen LogP contribution in [0.2, 0.25) is 19.6 Å². The molecule has 0 aliphatic rings. The van der Waals surface area contributed by atoms with E-state index in [1.54, 1.807) is 42.7 Å². The molecule has 0 N–H and O–H groups in total. The summed E-state index contributed by atoms with van der Waals surface area (Å²) in [5.41, 5.74) is 0. The normalized spacial score (nSPS) is 13.4. The lowest BCUT2D eigenvalue weighted by Crippen LogP contribution is -2.60. The lowest BCUT2D eigenvalue weighted by molar-refractivity contribution is 0.263. The quantitative estimate of drug-likeness (QED) is 0.569. The van der Waals surface area contributed by atoms with Crippen LogP contribution in [-0.4, -0.2) is 68.3 Å². The van der Waals surface area contributed by atoms with E-state index in [2.05, 4.69) is 18.2 Å². The van der Waals surface area contributed by atoms with Crippen molar-refractivity contribution in [3.63, 3.8) is 0 Å². The van der Waals surface area contributed by atoms with Crippen molar-refractivity contribution in [1.29, 1.82) is 0 Å². The second-order valence-electron chi connectivity index (χ2n) is 5.86. The van der Waals surface area contributed by atoms with Crippen molar-refractivity contribution in [3.8, 4) is 0 Å². The lowest BCUT2D eigenvalue weighted by atomic mass is 10.3. The Bertz CT molecular complexity index is 453. The van der Waals surface area contributed by atoms with E-state index in [-0.39, 0.29) is 0 Å². The molecule has 0 saturated heterocycles. The number of rotatable bonds is 9. The topological polar surface area (TPSA) is 55.4 Å².